The summed E-state index contributed by atoms with van der Waals surface area (Å²) in [6.07, 6.45) is 0. The number of benzene rings is 1. The third-order valence-corrected chi connectivity index (χ3v) is 1.57. The summed E-state index contributed by atoms with van der Waals surface area (Å²) in [5, 5.41) is 5.47. The molecule has 0 heterocycles. The molecule has 0 atom stereocenters. The number of hydrogen-bond donors (Lipinski definition) is 1. The second-order valence-corrected chi connectivity index (χ2v) is 2.66. The number of rotatable bonds is 4. The maximum Gasteiger partial charge on any atom is 0.106 e. The van der Waals surface area contributed by atoms with Crippen molar-refractivity contribution in [3.05, 3.63) is 39.1 Å². The van der Waals surface area contributed by atoms with Crippen LogP contribution in [0.1, 0.15) is 11.1 Å². The van der Waals surface area contributed by atoms with E-state index in [-0.39, 0.29) is 13.1 Å². The fraction of sp³-hybridized carbons (Fsp3) is 0.250. The SMILES string of the molecule is Nc1cc(CN=O)cc(CN=O)c1. The van der Waals surface area contributed by atoms with Gasteiger partial charge in [-0.1, -0.05) is 16.4 Å². The van der Waals surface area contributed by atoms with E-state index in [1.165, 1.54) is 0 Å². The third kappa shape index (κ3) is 2.62. The lowest BCUT2D eigenvalue weighted by molar-refractivity contribution is 1.01. The van der Waals surface area contributed by atoms with E-state index >= 15 is 0 Å². The zero-order valence-corrected chi connectivity index (χ0v) is 6.93. The first-order valence-electron chi connectivity index (χ1n) is 3.73. The molecule has 1 aromatic rings. The van der Waals surface area contributed by atoms with E-state index in [0.29, 0.717) is 16.8 Å². The van der Waals surface area contributed by atoms with Gasteiger partial charge < -0.3 is 5.73 Å². The van der Waals surface area contributed by atoms with Crippen LogP contribution >= 0.6 is 0 Å². The number of anilines is 1. The molecule has 0 amide bonds. The molecule has 13 heavy (non-hydrogen) atoms. The molecule has 0 unspecified atom stereocenters. The van der Waals surface area contributed by atoms with E-state index < -0.39 is 0 Å². The molecule has 0 saturated heterocycles. The van der Waals surface area contributed by atoms with E-state index in [9.17, 15) is 9.81 Å². The minimum atomic E-state index is 0.0664. The Bertz CT molecular complexity index is 297. The van der Waals surface area contributed by atoms with Gasteiger partial charge >= 0.3 is 0 Å². The van der Waals surface area contributed by atoms with Crippen molar-refractivity contribution >= 4 is 5.69 Å². The van der Waals surface area contributed by atoms with Crippen molar-refractivity contribution in [2.45, 2.75) is 13.1 Å². The molecule has 0 fully saturated rings. The van der Waals surface area contributed by atoms with Gasteiger partial charge in [-0.2, -0.15) is 9.81 Å². The average Bonchev–Trinajstić information content (AvgIpc) is 2.04. The number of nitrogen functional groups attached to an aromatic ring is 1. The smallest absolute Gasteiger partial charge is 0.106 e. The molecule has 0 saturated carbocycles. The molecule has 0 aliphatic carbocycles. The first-order valence-corrected chi connectivity index (χ1v) is 3.73. The summed E-state index contributed by atoms with van der Waals surface area (Å²) < 4.78 is 0. The molecule has 0 bridgehead atoms. The van der Waals surface area contributed by atoms with Crippen molar-refractivity contribution in [2.24, 2.45) is 10.4 Å². The topological polar surface area (TPSA) is 84.9 Å². The normalized spacial score (nSPS) is 9.54. The molecule has 0 aromatic heterocycles. The largest absolute Gasteiger partial charge is 0.399 e. The fourth-order valence-corrected chi connectivity index (χ4v) is 1.12. The fourth-order valence-electron chi connectivity index (χ4n) is 1.12. The summed E-state index contributed by atoms with van der Waals surface area (Å²) >= 11 is 0. The Hall–Kier alpha value is -1.78. The molecule has 1 rings (SSSR count). The molecule has 2 N–H and O–H groups in total. The molecular formula is C8H9N3O2. The average molecular weight is 179 g/mol. The van der Waals surface area contributed by atoms with Gasteiger partial charge in [-0.15, -0.1) is 0 Å². The molecule has 5 nitrogen and oxygen atoms in total. The van der Waals surface area contributed by atoms with E-state index in [1.807, 2.05) is 0 Å². The summed E-state index contributed by atoms with van der Waals surface area (Å²) in [6.45, 7) is 0.133. The number of nitrogens with zero attached hydrogens (tertiary/aromatic N) is 2. The van der Waals surface area contributed by atoms with Crippen molar-refractivity contribution in [3.63, 3.8) is 0 Å². The molecule has 0 spiro atoms. The monoisotopic (exact) mass is 179 g/mol. The Morgan fingerprint density at radius 2 is 1.46 bits per heavy atom. The Morgan fingerprint density at radius 3 is 1.85 bits per heavy atom. The molecular weight excluding hydrogens is 170 g/mol. The molecule has 0 radical (unpaired) electrons. The predicted octanol–water partition coefficient (Wildman–Crippen LogP) is 1.80. The second kappa shape index (κ2) is 4.30. The van der Waals surface area contributed by atoms with Gasteiger partial charge in [0.05, 0.1) is 0 Å². The maximum absolute atomic E-state index is 9.98. The van der Waals surface area contributed by atoms with Crippen LogP contribution in [0.25, 0.3) is 0 Å². The molecule has 68 valence electrons. The Morgan fingerprint density at radius 1 is 1.00 bits per heavy atom. The maximum atomic E-state index is 9.98. The van der Waals surface area contributed by atoms with Gasteiger partial charge in [0.2, 0.25) is 0 Å². The van der Waals surface area contributed by atoms with E-state index in [4.69, 9.17) is 5.73 Å². The molecule has 5 heteroatoms. The van der Waals surface area contributed by atoms with Crippen molar-refractivity contribution in [1.29, 1.82) is 0 Å². The van der Waals surface area contributed by atoms with Crippen LogP contribution in [0.4, 0.5) is 5.69 Å². The third-order valence-electron chi connectivity index (χ3n) is 1.57. The van der Waals surface area contributed by atoms with Gasteiger partial charge in [-0.05, 0) is 23.3 Å². The van der Waals surface area contributed by atoms with Gasteiger partial charge in [0.1, 0.15) is 13.1 Å². The van der Waals surface area contributed by atoms with Crippen molar-refractivity contribution in [1.82, 2.24) is 0 Å². The summed E-state index contributed by atoms with van der Waals surface area (Å²) in [5.74, 6) is 0. The number of nitrogens with two attached hydrogens (primary N) is 1. The van der Waals surface area contributed by atoms with Gasteiger partial charge in [-0.25, -0.2) is 0 Å². The van der Waals surface area contributed by atoms with Crippen LogP contribution in [0, 0.1) is 9.81 Å². The van der Waals surface area contributed by atoms with E-state index in [1.54, 1.807) is 18.2 Å². The molecule has 0 aliphatic rings. The Balaban J connectivity index is 2.95. The van der Waals surface area contributed by atoms with Crippen LogP contribution in [0.2, 0.25) is 0 Å². The van der Waals surface area contributed by atoms with Crippen molar-refractivity contribution < 1.29 is 0 Å². The highest BCUT2D eigenvalue weighted by atomic mass is 16.3. The van der Waals surface area contributed by atoms with Crippen LogP contribution in [-0.4, -0.2) is 0 Å². The van der Waals surface area contributed by atoms with E-state index in [2.05, 4.69) is 10.4 Å². The first-order chi connectivity index (χ1) is 6.26. The minimum Gasteiger partial charge on any atom is -0.399 e. The van der Waals surface area contributed by atoms with Gasteiger partial charge in [0, 0.05) is 5.69 Å². The lowest BCUT2D eigenvalue weighted by Crippen LogP contribution is -1.92. The zero-order chi connectivity index (χ0) is 9.68. The summed E-state index contributed by atoms with van der Waals surface area (Å²) in [7, 11) is 0. The van der Waals surface area contributed by atoms with Crippen LogP contribution in [-0.2, 0) is 13.1 Å². The van der Waals surface area contributed by atoms with Gasteiger partial charge in [-0.3, -0.25) is 0 Å². The van der Waals surface area contributed by atoms with Crippen LogP contribution < -0.4 is 5.73 Å². The van der Waals surface area contributed by atoms with Gasteiger partial charge in [0.25, 0.3) is 0 Å². The minimum absolute atomic E-state index is 0.0664. The number of nitroso groups, excluding NO2 is 2. The predicted molar refractivity (Wildman–Crippen MR) is 49.9 cm³/mol. The van der Waals surface area contributed by atoms with Crippen LogP contribution in [0.15, 0.2) is 28.6 Å². The quantitative estimate of drug-likeness (QED) is 0.564. The van der Waals surface area contributed by atoms with Gasteiger partial charge in [0.15, 0.2) is 0 Å². The first kappa shape index (κ1) is 9.31. The van der Waals surface area contributed by atoms with E-state index in [0.717, 1.165) is 0 Å². The van der Waals surface area contributed by atoms with Crippen LogP contribution in [0.5, 0.6) is 0 Å². The highest BCUT2D eigenvalue weighted by molar-refractivity contribution is 5.44. The number of hydrogen-bond acceptors (Lipinski definition) is 5. The standard InChI is InChI=1S/C8H9N3O2/c9-8-2-6(4-10-12)1-7(3-8)5-11-13/h1-3H,4-5,9H2. The lowest BCUT2D eigenvalue weighted by atomic mass is 10.1. The zero-order valence-electron chi connectivity index (χ0n) is 6.93. The second-order valence-electron chi connectivity index (χ2n) is 2.66. The molecule has 0 aliphatic heterocycles. The highest BCUT2D eigenvalue weighted by Gasteiger charge is 1.99. The Labute approximate surface area is 74.9 Å². The Kier molecular flexibility index (Phi) is 3.08. The summed E-state index contributed by atoms with van der Waals surface area (Å²) in [6, 6.07) is 4.99. The summed E-state index contributed by atoms with van der Waals surface area (Å²) in [5.41, 5.74) is 7.45. The van der Waals surface area contributed by atoms with Crippen molar-refractivity contribution in [2.75, 3.05) is 5.73 Å². The van der Waals surface area contributed by atoms with Crippen molar-refractivity contribution in [3.8, 4) is 0 Å². The van der Waals surface area contributed by atoms with Crippen LogP contribution in [0.3, 0.4) is 0 Å². The molecule has 1 aromatic carbocycles. The summed E-state index contributed by atoms with van der Waals surface area (Å²) in [4.78, 5) is 20.0. The highest BCUT2D eigenvalue weighted by Crippen LogP contribution is 2.13. The lowest BCUT2D eigenvalue weighted by Gasteiger charge is -2.01.